The van der Waals surface area contributed by atoms with Crippen molar-refractivity contribution in [1.82, 2.24) is 9.55 Å². The van der Waals surface area contributed by atoms with Gasteiger partial charge >= 0.3 is 18.9 Å². The number of hydrogen-bond donors (Lipinski definition) is 0. The number of imidazole rings is 1. The van der Waals surface area contributed by atoms with Crippen LogP contribution in [0.2, 0.25) is 0 Å². The van der Waals surface area contributed by atoms with Crippen LogP contribution in [0.4, 0.5) is 0 Å². The Morgan fingerprint density at radius 1 is 1.29 bits per heavy atom. The second kappa shape index (κ2) is 4.36. The Balaban J connectivity index is 0.000000980. The van der Waals surface area contributed by atoms with Crippen molar-refractivity contribution in [3.63, 3.8) is 0 Å². The van der Waals surface area contributed by atoms with Crippen LogP contribution in [-0.2, 0) is 7.05 Å². The zero-order valence-corrected chi connectivity index (χ0v) is 8.27. The maximum Gasteiger partial charge on any atom is 1.00 e. The molecule has 0 unspecified atom stereocenters. The molecule has 1 aromatic heterocycles. The van der Waals surface area contributed by atoms with Crippen LogP contribution < -0.4 is 24.0 Å². The van der Waals surface area contributed by atoms with E-state index in [4.69, 9.17) is 0 Å². The molecular formula is C10H9LiN2O. The molecule has 0 spiro atoms. The second-order valence-electron chi connectivity index (χ2n) is 2.86. The third-order valence-corrected chi connectivity index (χ3v) is 1.95. The molecule has 0 aliphatic heterocycles. The minimum Gasteiger partial charge on any atom is -0.872 e. The van der Waals surface area contributed by atoms with Gasteiger partial charge in [-0.15, -0.1) is 0 Å². The Bertz CT molecular complexity index is 426. The molecule has 0 aliphatic carbocycles. The van der Waals surface area contributed by atoms with E-state index >= 15 is 0 Å². The normalized spacial score (nSPS) is 9.50. The molecule has 1 aromatic carbocycles. The maximum atomic E-state index is 11.4. The van der Waals surface area contributed by atoms with E-state index in [0.29, 0.717) is 11.4 Å². The summed E-state index contributed by atoms with van der Waals surface area (Å²) in [6, 6.07) is 6.90. The molecule has 14 heavy (non-hydrogen) atoms. The molecule has 0 N–H and O–H groups in total. The zero-order valence-electron chi connectivity index (χ0n) is 8.27. The van der Waals surface area contributed by atoms with E-state index in [1.165, 1.54) is 0 Å². The van der Waals surface area contributed by atoms with Crippen molar-refractivity contribution >= 4 is 0 Å². The summed E-state index contributed by atoms with van der Waals surface area (Å²) in [5.41, 5.74) is 0.648. The number of rotatable bonds is 1. The molecule has 0 amide bonds. The molecule has 2 aromatic rings. The van der Waals surface area contributed by atoms with Crippen LogP contribution in [0.5, 0.6) is 5.75 Å². The fourth-order valence-corrected chi connectivity index (χ4v) is 1.28. The van der Waals surface area contributed by atoms with E-state index in [-0.39, 0.29) is 24.6 Å². The smallest absolute Gasteiger partial charge is 0.872 e. The Labute approximate surface area is 94.6 Å². The third-order valence-electron chi connectivity index (χ3n) is 1.95. The average molecular weight is 180 g/mol. The molecule has 0 aliphatic rings. The van der Waals surface area contributed by atoms with Gasteiger partial charge in [0.1, 0.15) is 5.82 Å². The van der Waals surface area contributed by atoms with Gasteiger partial charge in [-0.1, -0.05) is 30.0 Å². The van der Waals surface area contributed by atoms with Gasteiger partial charge in [-0.25, -0.2) is 4.98 Å². The Hall–Kier alpha value is -1.17. The third kappa shape index (κ3) is 1.84. The summed E-state index contributed by atoms with van der Waals surface area (Å²) in [5, 5.41) is 11.4. The van der Waals surface area contributed by atoms with Gasteiger partial charge in [0.25, 0.3) is 0 Å². The first kappa shape index (κ1) is 10.9. The van der Waals surface area contributed by atoms with Gasteiger partial charge in [-0.05, 0) is 0 Å². The van der Waals surface area contributed by atoms with Crippen molar-refractivity contribution in [3.05, 3.63) is 36.7 Å². The van der Waals surface area contributed by atoms with E-state index in [9.17, 15) is 5.11 Å². The molecule has 0 saturated heterocycles. The van der Waals surface area contributed by atoms with Crippen LogP contribution >= 0.6 is 0 Å². The van der Waals surface area contributed by atoms with Crippen molar-refractivity contribution in [2.75, 3.05) is 0 Å². The van der Waals surface area contributed by atoms with Crippen LogP contribution in [0.15, 0.2) is 36.7 Å². The minimum absolute atomic E-state index is 0. The predicted molar refractivity (Wildman–Crippen MR) is 48.1 cm³/mol. The average Bonchev–Trinajstić information content (AvgIpc) is 2.52. The predicted octanol–water partition coefficient (Wildman–Crippen LogP) is -1.84. The van der Waals surface area contributed by atoms with Crippen molar-refractivity contribution in [2.24, 2.45) is 7.05 Å². The van der Waals surface area contributed by atoms with Crippen LogP contribution in [0.3, 0.4) is 0 Å². The molecule has 0 radical (unpaired) electrons. The first-order valence-corrected chi connectivity index (χ1v) is 4.03. The SMILES string of the molecule is Cn1ccnc1-c1ccccc1[O-].[Li+]. The Morgan fingerprint density at radius 2 is 2.00 bits per heavy atom. The van der Waals surface area contributed by atoms with E-state index in [2.05, 4.69) is 4.98 Å². The Morgan fingerprint density at radius 3 is 2.57 bits per heavy atom. The van der Waals surface area contributed by atoms with Gasteiger partial charge in [-0.2, -0.15) is 0 Å². The largest absolute Gasteiger partial charge is 1.00 e. The zero-order chi connectivity index (χ0) is 9.26. The fourth-order valence-electron chi connectivity index (χ4n) is 1.28. The van der Waals surface area contributed by atoms with Crippen molar-refractivity contribution in [1.29, 1.82) is 0 Å². The summed E-state index contributed by atoms with van der Waals surface area (Å²) in [7, 11) is 1.87. The molecular weight excluding hydrogens is 171 g/mol. The van der Waals surface area contributed by atoms with Gasteiger partial charge in [0.2, 0.25) is 0 Å². The number of hydrogen-bond acceptors (Lipinski definition) is 2. The molecule has 4 heteroatoms. The minimum atomic E-state index is 0. The maximum absolute atomic E-state index is 11.4. The first-order chi connectivity index (χ1) is 6.29. The summed E-state index contributed by atoms with van der Waals surface area (Å²) >= 11 is 0. The molecule has 0 bridgehead atoms. The Kier molecular flexibility index (Phi) is 3.40. The number of benzene rings is 1. The quantitative estimate of drug-likeness (QED) is 0.484. The summed E-state index contributed by atoms with van der Waals surface area (Å²) in [4.78, 5) is 4.11. The summed E-state index contributed by atoms with van der Waals surface area (Å²) < 4.78 is 1.83. The molecule has 0 atom stereocenters. The van der Waals surface area contributed by atoms with E-state index in [0.717, 1.165) is 0 Å². The van der Waals surface area contributed by atoms with E-state index in [1.807, 2.05) is 23.9 Å². The molecule has 66 valence electrons. The number of para-hydroxylation sites is 1. The van der Waals surface area contributed by atoms with Crippen molar-refractivity contribution in [2.45, 2.75) is 0 Å². The van der Waals surface area contributed by atoms with E-state index < -0.39 is 0 Å². The van der Waals surface area contributed by atoms with Gasteiger partial charge in [-0.3, -0.25) is 0 Å². The monoisotopic (exact) mass is 180 g/mol. The molecule has 3 nitrogen and oxygen atoms in total. The van der Waals surface area contributed by atoms with Crippen LogP contribution in [0, 0.1) is 0 Å². The van der Waals surface area contributed by atoms with Gasteiger partial charge in [0, 0.05) is 25.0 Å². The van der Waals surface area contributed by atoms with Crippen LogP contribution in [-0.4, -0.2) is 9.55 Å². The molecule has 2 rings (SSSR count). The second-order valence-corrected chi connectivity index (χ2v) is 2.86. The summed E-state index contributed by atoms with van der Waals surface area (Å²) in [6.07, 6.45) is 3.50. The molecule has 0 fully saturated rings. The fraction of sp³-hybridized carbons (Fsp3) is 0.100. The van der Waals surface area contributed by atoms with Crippen molar-refractivity contribution < 1.29 is 24.0 Å². The van der Waals surface area contributed by atoms with Crippen LogP contribution in [0.1, 0.15) is 0 Å². The first-order valence-electron chi connectivity index (χ1n) is 4.03. The van der Waals surface area contributed by atoms with Crippen molar-refractivity contribution in [3.8, 4) is 17.1 Å². The standard InChI is InChI=1S/C10H10N2O.Li/c1-12-7-6-11-10(12)8-4-2-3-5-9(8)13;/h2-7,13H,1H3;/q;+1/p-1. The number of nitrogens with zero attached hydrogens (tertiary/aromatic N) is 2. The summed E-state index contributed by atoms with van der Waals surface area (Å²) in [5.74, 6) is 0.724. The van der Waals surface area contributed by atoms with Gasteiger partial charge in [0.05, 0.1) is 0 Å². The molecule has 1 heterocycles. The molecule has 0 saturated carbocycles. The van der Waals surface area contributed by atoms with Crippen LogP contribution in [0.25, 0.3) is 11.4 Å². The number of aryl methyl sites for hydroxylation is 1. The topological polar surface area (TPSA) is 40.9 Å². The number of aromatic nitrogens is 2. The van der Waals surface area contributed by atoms with Gasteiger partial charge < -0.3 is 9.67 Å². The summed E-state index contributed by atoms with van der Waals surface area (Å²) in [6.45, 7) is 0. The van der Waals surface area contributed by atoms with Gasteiger partial charge in [0.15, 0.2) is 0 Å². The van der Waals surface area contributed by atoms with E-state index in [1.54, 1.807) is 24.4 Å².